The predicted molar refractivity (Wildman–Crippen MR) is 97.9 cm³/mol. The second-order valence-corrected chi connectivity index (χ2v) is 8.63. The molecule has 1 aliphatic heterocycles. The molecule has 1 fully saturated rings. The van der Waals surface area contributed by atoms with Crippen molar-refractivity contribution in [1.82, 2.24) is 15.1 Å². The lowest BCUT2D eigenvalue weighted by Crippen LogP contribution is -2.50. The molecule has 0 spiro atoms. The topological polar surface area (TPSA) is 52.7 Å². The predicted octanol–water partition coefficient (Wildman–Crippen LogP) is 2.50. The number of nitrogens with one attached hydrogen (secondary N) is 1. The summed E-state index contributed by atoms with van der Waals surface area (Å²) in [4.78, 5) is 30.3. The van der Waals surface area contributed by atoms with Gasteiger partial charge in [0.2, 0.25) is 11.8 Å². The molecule has 1 aliphatic rings. The van der Waals surface area contributed by atoms with Gasteiger partial charge in [0.1, 0.15) is 6.04 Å². The van der Waals surface area contributed by atoms with Crippen molar-refractivity contribution in [1.29, 1.82) is 0 Å². The van der Waals surface area contributed by atoms with Gasteiger partial charge in [-0.25, -0.2) is 0 Å². The van der Waals surface area contributed by atoms with Crippen LogP contribution in [0.3, 0.4) is 0 Å². The third-order valence-electron chi connectivity index (χ3n) is 4.42. The monoisotopic (exact) mass is 351 g/mol. The van der Waals surface area contributed by atoms with Crippen LogP contribution in [0.1, 0.15) is 44.5 Å². The summed E-state index contributed by atoms with van der Waals surface area (Å²) in [7, 11) is 4.03. The standard InChI is InChI=1S/C18H29N3O2S/c1-18(2,3)17(23)21-10-6-8-13(21)16(22)19-12-14(20(4)5)15-9-7-11-24-15/h7,9,11,13-14H,6,8,10,12H2,1-5H3,(H,19,22). The van der Waals surface area contributed by atoms with E-state index in [1.807, 2.05) is 46.3 Å². The molecule has 2 unspecified atom stereocenters. The molecule has 6 heteroatoms. The van der Waals surface area contributed by atoms with Crippen molar-refractivity contribution in [2.45, 2.75) is 45.7 Å². The number of nitrogens with zero attached hydrogens (tertiary/aromatic N) is 2. The average Bonchev–Trinajstić information content (AvgIpc) is 3.16. The fraction of sp³-hybridized carbons (Fsp3) is 0.667. The summed E-state index contributed by atoms with van der Waals surface area (Å²) in [6.07, 6.45) is 1.64. The van der Waals surface area contributed by atoms with Crippen LogP contribution in [0.5, 0.6) is 0 Å². The molecule has 1 N–H and O–H groups in total. The number of carbonyl (C=O) groups excluding carboxylic acids is 2. The van der Waals surface area contributed by atoms with Gasteiger partial charge >= 0.3 is 0 Å². The highest BCUT2D eigenvalue weighted by atomic mass is 32.1. The van der Waals surface area contributed by atoms with Crippen molar-refractivity contribution in [3.05, 3.63) is 22.4 Å². The van der Waals surface area contributed by atoms with Crippen LogP contribution in [0.15, 0.2) is 17.5 Å². The van der Waals surface area contributed by atoms with Crippen molar-refractivity contribution in [3.63, 3.8) is 0 Å². The fourth-order valence-corrected chi connectivity index (χ4v) is 3.97. The Morgan fingerprint density at radius 2 is 2.12 bits per heavy atom. The van der Waals surface area contributed by atoms with Gasteiger partial charge in [0.15, 0.2) is 0 Å². The number of carbonyl (C=O) groups is 2. The highest BCUT2D eigenvalue weighted by Gasteiger charge is 2.38. The number of hydrogen-bond acceptors (Lipinski definition) is 4. The maximum absolute atomic E-state index is 12.7. The Morgan fingerprint density at radius 1 is 1.42 bits per heavy atom. The number of thiophene rings is 1. The molecule has 24 heavy (non-hydrogen) atoms. The van der Waals surface area contributed by atoms with Crippen molar-refractivity contribution in [2.75, 3.05) is 27.2 Å². The van der Waals surface area contributed by atoms with E-state index in [-0.39, 0.29) is 23.9 Å². The largest absolute Gasteiger partial charge is 0.352 e. The van der Waals surface area contributed by atoms with E-state index in [2.05, 4.69) is 16.3 Å². The van der Waals surface area contributed by atoms with E-state index in [4.69, 9.17) is 0 Å². The molecular weight excluding hydrogens is 322 g/mol. The van der Waals surface area contributed by atoms with Crippen LogP contribution in [0.4, 0.5) is 0 Å². The van der Waals surface area contributed by atoms with Gasteiger partial charge in [-0.3, -0.25) is 9.59 Å². The van der Waals surface area contributed by atoms with E-state index < -0.39 is 5.41 Å². The normalized spacial score (nSPS) is 19.6. The second kappa shape index (κ2) is 7.66. The first-order chi connectivity index (χ1) is 11.2. The van der Waals surface area contributed by atoms with E-state index in [0.29, 0.717) is 13.1 Å². The van der Waals surface area contributed by atoms with Crippen molar-refractivity contribution in [2.24, 2.45) is 5.41 Å². The Balaban J connectivity index is 1.99. The summed E-state index contributed by atoms with van der Waals surface area (Å²) >= 11 is 1.69. The third kappa shape index (κ3) is 4.36. The van der Waals surface area contributed by atoms with E-state index in [0.717, 1.165) is 12.8 Å². The van der Waals surface area contributed by atoms with Gasteiger partial charge < -0.3 is 15.1 Å². The molecule has 0 bridgehead atoms. The molecule has 2 heterocycles. The van der Waals surface area contributed by atoms with Gasteiger partial charge in [0.05, 0.1) is 6.04 Å². The first-order valence-electron chi connectivity index (χ1n) is 8.50. The lowest BCUT2D eigenvalue weighted by Gasteiger charge is -2.31. The molecule has 0 radical (unpaired) electrons. The van der Waals surface area contributed by atoms with Crippen molar-refractivity contribution < 1.29 is 9.59 Å². The van der Waals surface area contributed by atoms with Crippen LogP contribution in [0, 0.1) is 5.41 Å². The molecule has 134 valence electrons. The SMILES string of the molecule is CN(C)C(CNC(=O)C1CCCN1C(=O)C(C)(C)C)c1cccs1. The Morgan fingerprint density at radius 3 is 2.67 bits per heavy atom. The molecule has 1 aromatic heterocycles. The smallest absolute Gasteiger partial charge is 0.242 e. The zero-order valence-electron chi connectivity index (χ0n) is 15.3. The highest BCUT2D eigenvalue weighted by Crippen LogP contribution is 2.26. The minimum absolute atomic E-state index is 0.0338. The molecule has 2 rings (SSSR count). The Hall–Kier alpha value is -1.40. The summed E-state index contributed by atoms with van der Waals surface area (Å²) < 4.78 is 0. The minimum atomic E-state index is -0.452. The summed E-state index contributed by atoms with van der Waals surface area (Å²) in [5.74, 6) is 0.0241. The zero-order valence-corrected chi connectivity index (χ0v) is 16.2. The van der Waals surface area contributed by atoms with Gasteiger partial charge in [-0.1, -0.05) is 26.8 Å². The molecular formula is C18H29N3O2S. The molecule has 1 aromatic rings. The van der Waals surface area contributed by atoms with Crippen molar-refractivity contribution >= 4 is 23.2 Å². The summed E-state index contributed by atoms with van der Waals surface area (Å²) in [6.45, 7) is 6.95. The van der Waals surface area contributed by atoms with E-state index in [9.17, 15) is 9.59 Å². The number of amides is 2. The van der Waals surface area contributed by atoms with E-state index in [1.165, 1.54) is 4.88 Å². The van der Waals surface area contributed by atoms with E-state index >= 15 is 0 Å². The number of hydrogen-bond donors (Lipinski definition) is 1. The number of likely N-dealkylation sites (tertiary alicyclic amines) is 1. The first kappa shape index (κ1) is 18.9. The Bertz CT molecular complexity index is 563. The van der Waals surface area contributed by atoms with Gasteiger partial charge in [-0.15, -0.1) is 11.3 Å². The molecule has 2 atom stereocenters. The van der Waals surface area contributed by atoms with Gasteiger partial charge in [0, 0.05) is 23.4 Å². The highest BCUT2D eigenvalue weighted by molar-refractivity contribution is 7.10. The van der Waals surface area contributed by atoms with Crippen LogP contribution >= 0.6 is 11.3 Å². The van der Waals surface area contributed by atoms with Crippen LogP contribution < -0.4 is 5.32 Å². The third-order valence-corrected chi connectivity index (χ3v) is 5.40. The first-order valence-corrected chi connectivity index (χ1v) is 9.38. The van der Waals surface area contributed by atoms with E-state index in [1.54, 1.807) is 16.2 Å². The maximum atomic E-state index is 12.7. The van der Waals surface area contributed by atoms with Gasteiger partial charge in [0.25, 0.3) is 0 Å². The molecule has 0 aliphatic carbocycles. The molecule has 5 nitrogen and oxygen atoms in total. The van der Waals surface area contributed by atoms with Crippen LogP contribution in [0.25, 0.3) is 0 Å². The van der Waals surface area contributed by atoms with Crippen LogP contribution in [-0.2, 0) is 9.59 Å². The molecule has 0 aromatic carbocycles. The maximum Gasteiger partial charge on any atom is 0.242 e. The zero-order chi connectivity index (χ0) is 17.9. The Kier molecular flexibility index (Phi) is 6.04. The Labute approximate surface area is 149 Å². The lowest BCUT2D eigenvalue weighted by molar-refractivity contribution is -0.144. The van der Waals surface area contributed by atoms with Crippen LogP contribution in [-0.4, -0.2) is 54.8 Å². The summed E-state index contributed by atoms with van der Waals surface area (Å²) in [5.41, 5.74) is -0.452. The minimum Gasteiger partial charge on any atom is -0.352 e. The van der Waals surface area contributed by atoms with Gasteiger partial charge in [-0.2, -0.15) is 0 Å². The average molecular weight is 352 g/mol. The molecule has 2 amide bonds. The number of rotatable bonds is 5. The summed E-state index contributed by atoms with van der Waals surface area (Å²) in [6, 6.07) is 3.94. The number of likely N-dealkylation sites (N-methyl/N-ethyl adjacent to an activating group) is 1. The molecule has 1 saturated heterocycles. The summed E-state index contributed by atoms with van der Waals surface area (Å²) in [5, 5.41) is 5.11. The van der Waals surface area contributed by atoms with Gasteiger partial charge in [-0.05, 0) is 38.4 Å². The van der Waals surface area contributed by atoms with Crippen LogP contribution in [0.2, 0.25) is 0 Å². The second-order valence-electron chi connectivity index (χ2n) is 7.65. The fourth-order valence-electron chi connectivity index (χ4n) is 3.05. The lowest BCUT2D eigenvalue weighted by atomic mass is 9.94. The quantitative estimate of drug-likeness (QED) is 0.887. The molecule has 0 saturated carbocycles. The van der Waals surface area contributed by atoms with Crippen molar-refractivity contribution in [3.8, 4) is 0 Å².